The maximum Gasteiger partial charge on any atom is 0.410 e. The third-order valence-corrected chi connectivity index (χ3v) is 10.8. The van der Waals surface area contributed by atoms with E-state index in [-0.39, 0.29) is 46.7 Å². The van der Waals surface area contributed by atoms with Crippen molar-refractivity contribution in [3.05, 3.63) is 53.3 Å². The van der Waals surface area contributed by atoms with Gasteiger partial charge in [-0.25, -0.2) is 18.0 Å². The van der Waals surface area contributed by atoms with Crippen LogP contribution in [-0.4, -0.2) is 93.0 Å². The number of carbonyl (C=O) groups is 1. The van der Waals surface area contributed by atoms with Crippen molar-refractivity contribution in [2.45, 2.75) is 82.3 Å². The molecule has 4 atom stereocenters. The summed E-state index contributed by atoms with van der Waals surface area (Å²) in [4.78, 5) is 32.5. The highest BCUT2D eigenvalue weighted by Gasteiger charge is 2.50. The first-order chi connectivity index (χ1) is 23.4. The molecule has 4 aliphatic rings. The number of piperazine rings is 1. The maximum atomic E-state index is 16.9. The average molecular weight is 695 g/mol. The second-order valence-electron chi connectivity index (χ2n) is 14.8. The molecule has 0 saturated carbocycles. The molecule has 0 radical (unpaired) electrons. The lowest BCUT2D eigenvalue weighted by atomic mass is 9.95. The maximum absolute atomic E-state index is 16.9. The smallest absolute Gasteiger partial charge is 0.410 e. The van der Waals surface area contributed by atoms with Gasteiger partial charge >= 0.3 is 12.1 Å². The number of alkyl halides is 1. The van der Waals surface area contributed by atoms with E-state index in [2.05, 4.69) is 19.8 Å². The van der Waals surface area contributed by atoms with Crippen molar-refractivity contribution in [1.82, 2.24) is 24.8 Å². The molecule has 0 aliphatic carbocycles. The molecule has 8 rings (SSSR count). The Balaban J connectivity index is 1.24. The molecule has 6 heterocycles. The molecule has 49 heavy (non-hydrogen) atoms. The number of aromatic nitrogens is 3. The Labute approximate surface area is 287 Å². The molecule has 4 aliphatic heterocycles. The van der Waals surface area contributed by atoms with Gasteiger partial charge in [-0.3, -0.25) is 9.88 Å². The number of fused-ring (bicyclic) bond motifs is 5. The van der Waals surface area contributed by atoms with E-state index in [0.29, 0.717) is 47.7 Å². The second kappa shape index (κ2) is 11.9. The number of hydrogen-bond donors (Lipinski definition) is 0. The zero-order valence-corrected chi connectivity index (χ0v) is 28.4. The van der Waals surface area contributed by atoms with Crippen LogP contribution >= 0.6 is 11.6 Å². The van der Waals surface area contributed by atoms with Crippen LogP contribution in [-0.2, 0) is 4.74 Å². The second-order valence-corrected chi connectivity index (χ2v) is 15.2. The van der Waals surface area contributed by atoms with E-state index in [1.54, 1.807) is 29.3 Å². The fraction of sp³-hybridized carbons (Fsp3) is 0.500. The van der Waals surface area contributed by atoms with Crippen LogP contribution < -0.4 is 9.64 Å². The van der Waals surface area contributed by atoms with Gasteiger partial charge in [0.15, 0.2) is 5.82 Å². The van der Waals surface area contributed by atoms with Crippen molar-refractivity contribution < 1.29 is 27.4 Å². The molecule has 2 bridgehead atoms. The molecule has 4 saturated heterocycles. The zero-order valence-electron chi connectivity index (χ0n) is 27.7. The van der Waals surface area contributed by atoms with Crippen molar-refractivity contribution in [3.8, 4) is 17.1 Å². The van der Waals surface area contributed by atoms with E-state index in [1.165, 1.54) is 12.3 Å². The molecule has 2 aromatic heterocycles. The highest BCUT2D eigenvalue weighted by molar-refractivity contribution is 6.36. The first-order valence-corrected chi connectivity index (χ1v) is 17.3. The summed E-state index contributed by atoms with van der Waals surface area (Å²) in [5, 5.41) is 1.64. The molecule has 9 nitrogen and oxygen atoms in total. The quantitative estimate of drug-likeness (QED) is 0.215. The molecular weight excluding hydrogens is 657 g/mol. The summed E-state index contributed by atoms with van der Waals surface area (Å²) in [7, 11) is 0. The number of likely N-dealkylation sites (tertiary alicyclic amines) is 1. The van der Waals surface area contributed by atoms with Gasteiger partial charge in [0.25, 0.3) is 0 Å². The van der Waals surface area contributed by atoms with Gasteiger partial charge in [0, 0.05) is 77.3 Å². The Hall–Kier alpha value is -3.90. The molecule has 2 aromatic carbocycles. The van der Waals surface area contributed by atoms with E-state index in [4.69, 9.17) is 26.1 Å². The monoisotopic (exact) mass is 694 g/mol. The highest BCUT2D eigenvalue weighted by Crippen LogP contribution is 2.44. The minimum atomic E-state index is -0.946. The molecule has 2 unspecified atom stereocenters. The lowest BCUT2D eigenvalue weighted by Crippen LogP contribution is -2.56. The van der Waals surface area contributed by atoms with Crippen molar-refractivity contribution in [2.75, 3.05) is 37.7 Å². The fourth-order valence-corrected chi connectivity index (χ4v) is 8.70. The number of halogens is 4. The molecule has 1 amide bonds. The lowest BCUT2D eigenvalue weighted by molar-refractivity contribution is 0.0209. The Bertz CT molecular complexity index is 1960. The standard InChI is InChI=1S/C36H38ClF3N6O3/c1-35(2,3)49-34(47)44-17-22-8-9-23(18-44)46(22)32-24-12-27(39)29(25-15-41-14-20-6-4-7-26(37)28(20)25)30(40)31(24)42-33(43-32)48-19-36-10-5-11-45(36)16-21(38)13-36/h4,6-7,12,14-15,21-23H,5,8-11,13,16-19H2,1-3H3/t21-,22?,23?,36+/m1/s1. The van der Waals surface area contributed by atoms with Crippen LogP contribution in [0.2, 0.25) is 5.02 Å². The molecule has 258 valence electrons. The number of carbonyl (C=O) groups excluding carboxylic acids is 1. The van der Waals surface area contributed by atoms with Gasteiger partial charge < -0.3 is 19.3 Å². The van der Waals surface area contributed by atoms with Crippen molar-refractivity contribution in [2.24, 2.45) is 0 Å². The van der Waals surface area contributed by atoms with Crippen LogP contribution in [0.15, 0.2) is 36.7 Å². The topological polar surface area (TPSA) is 83.9 Å². The summed E-state index contributed by atoms with van der Waals surface area (Å²) in [5.41, 5.74) is -1.33. The summed E-state index contributed by atoms with van der Waals surface area (Å²) in [6, 6.07) is 6.06. The molecule has 0 N–H and O–H groups in total. The average Bonchev–Trinajstić information content (AvgIpc) is 3.65. The predicted octanol–water partition coefficient (Wildman–Crippen LogP) is 7.32. The molecule has 13 heteroatoms. The fourth-order valence-electron chi connectivity index (χ4n) is 8.42. The Morgan fingerprint density at radius 2 is 1.88 bits per heavy atom. The van der Waals surface area contributed by atoms with Gasteiger partial charge in [0.2, 0.25) is 0 Å². The number of pyridine rings is 1. The van der Waals surface area contributed by atoms with Gasteiger partial charge in [-0.1, -0.05) is 23.7 Å². The Kier molecular flexibility index (Phi) is 7.82. The largest absolute Gasteiger partial charge is 0.461 e. The number of anilines is 1. The summed E-state index contributed by atoms with van der Waals surface area (Å²) in [6.45, 7) is 7.51. The number of ether oxygens (including phenoxy) is 2. The van der Waals surface area contributed by atoms with Crippen LogP contribution in [0.25, 0.3) is 32.8 Å². The zero-order chi connectivity index (χ0) is 34.2. The van der Waals surface area contributed by atoms with Crippen LogP contribution in [0.5, 0.6) is 6.01 Å². The van der Waals surface area contributed by atoms with E-state index >= 15 is 8.78 Å². The molecular formula is C36H38ClF3N6O3. The van der Waals surface area contributed by atoms with Gasteiger partial charge in [-0.15, -0.1) is 0 Å². The summed E-state index contributed by atoms with van der Waals surface area (Å²) in [5.74, 6) is -1.36. The van der Waals surface area contributed by atoms with Crippen LogP contribution in [0, 0.1) is 11.6 Å². The minimum absolute atomic E-state index is 0.0643. The first-order valence-electron chi connectivity index (χ1n) is 16.9. The molecule has 0 spiro atoms. The van der Waals surface area contributed by atoms with Crippen molar-refractivity contribution >= 4 is 45.2 Å². The van der Waals surface area contributed by atoms with E-state index in [1.807, 2.05) is 20.8 Å². The number of amides is 1. The van der Waals surface area contributed by atoms with Gasteiger partial charge in [-0.2, -0.15) is 9.97 Å². The van der Waals surface area contributed by atoms with Crippen molar-refractivity contribution in [1.29, 1.82) is 0 Å². The van der Waals surface area contributed by atoms with E-state index in [0.717, 1.165) is 32.2 Å². The normalized spacial score (nSPS) is 25.4. The predicted molar refractivity (Wildman–Crippen MR) is 181 cm³/mol. The van der Waals surface area contributed by atoms with E-state index < -0.39 is 35.0 Å². The number of nitrogens with zero attached hydrogens (tertiary/aromatic N) is 6. The first kappa shape index (κ1) is 32.3. The minimum Gasteiger partial charge on any atom is -0.461 e. The van der Waals surface area contributed by atoms with Crippen LogP contribution in [0.3, 0.4) is 0 Å². The number of hydrogen-bond acceptors (Lipinski definition) is 8. The van der Waals surface area contributed by atoms with Gasteiger partial charge in [0.1, 0.15) is 35.5 Å². The molecule has 4 fully saturated rings. The van der Waals surface area contributed by atoms with Gasteiger partial charge in [0.05, 0.1) is 11.1 Å². The van der Waals surface area contributed by atoms with Gasteiger partial charge in [-0.05, 0) is 65.1 Å². The number of rotatable bonds is 5. The summed E-state index contributed by atoms with van der Waals surface area (Å²) in [6.07, 6.45) is 5.23. The lowest BCUT2D eigenvalue weighted by Gasteiger charge is -2.42. The summed E-state index contributed by atoms with van der Waals surface area (Å²) >= 11 is 6.56. The SMILES string of the molecule is CC(C)(C)OC(=O)N1CC2CCC(C1)N2c1nc(OC[C@@]23CCCN2C[C@H](F)C3)nc2c(F)c(-c3cncc4cccc(Cl)c34)c(F)cc12. The molecule has 4 aromatic rings. The van der Waals surface area contributed by atoms with Crippen LogP contribution in [0.4, 0.5) is 23.8 Å². The third kappa shape index (κ3) is 5.60. The third-order valence-electron chi connectivity index (χ3n) is 10.5. The highest BCUT2D eigenvalue weighted by atomic mass is 35.5. The Morgan fingerprint density at radius 3 is 2.63 bits per heavy atom. The van der Waals surface area contributed by atoms with Crippen LogP contribution in [0.1, 0.15) is 52.9 Å². The van der Waals surface area contributed by atoms with E-state index in [9.17, 15) is 9.18 Å². The Morgan fingerprint density at radius 1 is 1.10 bits per heavy atom. The van der Waals surface area contributed by atoms with Crippen molar-refractivity contribution in [3.63, 3.8) is 0 Å². The number of benzene rings is 2. The summed E-state index contributed by atoms with van der Waals surface area (Å²) < 4.78 is 59.8.